The average Bonchev–Trinajstić information content (AvgIpc) is 2.54. The van der Waals surface area contributed by atoms with Crippen LogP contribution in [0.2, 0.25) is 0 Å². The van der Waals surface area contributed by atoms with E-state index < -0.39 is 0 Å². The lowest BCUT2D eigenvalue weighted by molar-refractivity contribution is -0.641. The smallest absolute Gasteiger partial charge is 0.226 e. The Morgan fingerprint density at radius 2 is 1.67 bits per heavy atom. The Bertz CT molecular complexity index is 864. The summed E-state index contributed by atoms with van der Waals surface area (Å²) in [7, 11) is 0. The van der Waals surface area contributed by atoms with Gasteiger partial charge in [0, 0.05) is 11.5 Å². The highest BCUT2D eigenvalue weighted by molar-refractivity contribution is 5.89. The van der Waals surface area contributed by atoms with Crippen molar-refractivity contribution < 1.29 is 4.68 Å². The average molecular weight is 272 g/mol. The fourth-order valence-electron chi connectivity index (χ4n) is 2.53. The maximum atomic E-state index is 4.48. The highest BCUT2D eigenvalue weighted by Gasteiger charge is 2.20. The van der Waals surface area contributed by atoms with Crippen LogP contribution in [0.5, 0.6) is 0 Å². The minimum Gasteiger partial charge on any atom is -0.226 e. The van der Waals surface area contributed by atoms with Crippen LogP contribution in [0.4, 0.5) is 0 Å². The van der Waals surface area contributed by atoms with Gasteiger partial charge in [0.05, 0.1) is 0 Å². The molecule has 0 amide bonds. The molecule has 0 aliphatic carbocycles. The van der Waals surface area contributed by atoms with Crippen molar-refractivity contribution in [3.8, 4) is 0 Å². The van der Waals surface area contributed by atoms with Gasteiger partial charge in [0.2, 0.25) is 6.20 Å². The monoisotopic (exact) mass is 272 g/mol. The van der Waals surface area contributed by atoms with Crippen molar-refractivity contribution in [3.63, 3.8) is 0 Å². The summed E-state index contributed by atoms with van der Waals surface area (Å²) >= 11 is 0. The van der Waals surface area contributed by atoms with Gasteiger partial charge in [-0.05, 0) is 23.1 Å². The predicted octanol–water partition coefficient (Wildman–Crippen LogP) is 3.21. The fraction of sp³-hybridized carbons (Fsp3) is 0. The summed E-state index contributed by atoms with van der Waals surface area (Å²) in [6.07, 6.45) is 5.91. The van der Waals surface area contributed by atoms with Crippen LogP contribution in [-0.2, 0) is 0 Å². The number of nitrogens with zero attached hydrogens (tertiary/aromatic N) is 2. The zero-order valence-corrected chi connectivity index (χ0v) is 11.4. The largest absolute Gasteiger partial charge is 0.261 e. The standard InChI is InChI=1S/C18H14N3/c1-2-6-14(7-3-1)10-17-18-11-15-8-4-5-9-16(15)12-21(18)20-13-19-17/h1-13H,(H,19,20)/q+1/b17-10-. The second kappa shape index (κ2) is 4.87. The van der Waals surface area contributed by atoms with E-state index in [4.69, 9.17) is 0 Å². The molecule has 3 aromatic rings. The van der Waals surface area contributed by atoms with Gasteiger partial charge in [0.25, 0.3) is 5.69 Å². The maximum Gasteiger partial charge on any atom is 0.261 e. The Morgan fingerprint density at radius 3 is 2.52 bits per heavy atom. The summed E-state index contributed by atoms with van der Waals surface area (Å²) in [6.45, 7) is 0. The number of pyridine rings is 1. The summed E-state index contributed by atoms with van der Waals surface area (Å²) in [6, 6.07) is 20.7. The third kappa shape index (κ3) is 2.19. The van der Waals surface area contributed by atoms with E-state index in [-0.39, 0.29) is 0 Å². The number of hydrogen-bond donors (Lipinski definition) is 1. The van der Waals surface area contributed by atoms with Crippen LogP contribution >= 0.6 is 0 Å². The first kappa shape index (κ1) is 11.9. The Kier molecular flexibility index (Phi) is 2.75. The zero-order chi connectivity index (χ0) is 14.1. The molecule has 2 heterocycles. The SMILES string of the molecule is C1=N/C(=C\c2ccccc2)c2cc3ccccc3c[n+]2N1. The topological polar surface area (TPSA) is 28.3 Å². The second-order valence-electron chi connectivity index (χ2n) is 4.99. The van der Waals surface area contributed by atoms with Crippen LogP contribution in [0.3, 0.4) is 0 Å². The minimum absolute atomic E-state index is 0.950. The van der Waals surface area contributed by atoms with Crippen molar-refractivity contribution in [1.29, 1.82) is 0 Å². The van der Waals surface area contributed by atoms with Crippen molar-refractivity contribution >= 4 is 28.9 Å². The zero-order valence-electron chi connectivity index (χ0n) is 11.4. The molecule has 2 aromatic carbocycles. The van der Waals surface area contributed by atoms with Crippen LogP contribution in [0, 0.1) is 0 Å². The molecule has 0 bridgehead atoms. The molecule has 0 radical (unpaired) electrons. The molecule has 0 saturated carbocycles. The van der Waals surface area contributed by atoms with E-state index in [0.717, 1.165) is 17.0 Å². The van der Waals surface area contributed by atoms with Gasteiger partial charge in [-0.3, -0.25) is 0 Å². The molecule has 0 fully saturated rings. The number of nitrogens with one attached hydrogen (secondary N) is 1. The Hall–Kier alpha value is -2.94. The van der Waals surface area contributed by atoms with E-state index in [1.54, 1.807) is 6.34 Å². The third-order valence-electron chi connectivity index (χ3n) is 3.58. The molecule has 0 spiro atoms. The van der Waals surface area contributed by atoms with Crippen molar-refractivity contribution in [3.05, 3.63) is 78.1 Å². The summed E-state index contributed by atoms with van der Waals surface area (Å²) < 4.78 is 2.00. The number of rotatable bonds is 1. The summed E-state index contributed by atoms with van der Waals surface area (Å²) in [5, 5.41) is 2.41. The molecule has 100 valence electrons. The van der Waals surface area contributed by atoms with Crippen molar-refractivity contribution in [1.82, 2.24) is 0 Å². The van der Waals surface area contributed by atoms with Crippen LogP contribution in [0.1, 0.15) is 11.3 Å². The molecule has 1 aliphatic rings. The van der Waals surface area contributed by atoms with Crippen molar-refractivity contribution in [2.45, 2.75) is 0 Å². The molecule has 1 N–H and O–H groups in total. The van der Waals surface area contributed by atoms with Gasteiger partial charge < -0.3 is 0 Å². The lowest BCUT2D eigenvalue weighted by atomic mass is 10.1. The Labute approximate surface area is 122 Å². The third-order valence-corrected chi connectivity index (χ3v) is 3.58. The molecule has 4 rings (SSSR count). The summed E-state index contributed by atoms with van der Waals surface area (Å²) in [5.74, 6) is 0. The summed E-state index contributed by atoms with van der Waals surface area (Å²) in [4.78, 5) is 4.48. The lowest BCUT2D eigenvalue weighted by Crippen LogP contribution is -2.49. The maximum absolute atomic E-state index is 4.48. The molecule has 3 heteroatoms. The van der Waals surface area contributed by atoms with Crippen LogP contribution < -0.4 is 10.1 Å². The Balaban J connectivity index is 1.89. The van der Waals surface area contributed by atoms with Crippen LogP contribution in [0.15, 0.2) is 71.9 Å². The lowest BCUT2D eigenvalue weighted by Gasteiger charge is -2.09. The number of aliphatic imine (C=N–C) groups is 1. The molecular weight excluding hydrogens is 258 g/mol. The molecule has 1 aromatic heterocycles. The van der Waals surface area contributed by atoms with E-state index in [9.17, 15) is 0 Å². The summed E-state index contributed by atoms with van der Waals surface area (Å²) in [5.41, 5.74) is 6.30. The van der Waals surface area contributed by atoms with E-state index in [0.29, 0.717) is 0 Å². The van der Waals surface area contributed by atoms with Gasteiger partial charge in [-0.1, -0.05) is 53.2 Å². The van der Waals surface area contributed by atoms with E-state index in [1.165, 1.54) is 10.8 Å². The molecule has 21 heavy (non-hydrogen) atoms. The normalized spacial score (nSPS) is 15.0. The number of hydrogen-bond acceptors (Lipinski definition) is 2. The van der Waals surface area contributed by atoms with E-state index in [2.05, 4.69) is 59.1 Å². The van der Waals surface area contributed by atoms with Crippen molar-refractivity contribution in [2.75, 3.05) is 5.43 Å². The number of aromatic nitrogens is 1. The molecule has 1 aliphatic heterocycles. The molecule has 0 unspecified atom stereocenters. The molecule has 3 nitrogen and oxygen atoms in total. The molecular formula is C18H14N3+. The van der Waals surface area contributed by atoms with Crippen LogP contribution in [0.25, 0.3) is 22.5 Å². The van der Waals surface area contributed by atoms with Gasteiger partial charge in [-0.2, -0.15) is 0 Å². The highest BCUT2D eigenvalue weighted by Crippen LogP contribution is 2.21. The van der Waals surface area contributed by atoms with Crippen LogP contribution in [-0.4, -0.2) is 6.34 Å². The van der Waals surface area contributed by atoms with E-state index in [1.807, 2.05) is 28.9 Å². The van der Waals surface area contributed by atoms with Gasteiger partial charge in [-0.25, -0.2) is 4.99 Å². The fourth-order valence-corrected chi connectivity index (χ4v) is 2.53. The second-order valence-corrected chi connectivity index (χ2v) is 4.99. The quantitative estimate of drug-likeness (QED) is 0.677. The number of fused-ring (bicyclic) bond motifs is 2. The molecule has 0 atom stereocenters. The van der Waals surface area contributed by atoms with E-state index >= 15 is 0 Å². The van der Waals surface area contributed by atoms with Gasteiger partial charge >= 0.3 is 0 Å². The first-order valence-corrected chi connectivity index (χ1v) is 6.91. The van der Waals surface area contributed by atoms with Gasteiger partial charge in [0.1, 0.15) is 12.0 Å². The molecule has 0 saturated heterocycles. The number of benzene rings is 2. The highest BCUT2D eigenvalue weighted by atomic mass is 15.4. The first-order chi connectivity index (χ1) is 10.4. The van der Waals surface area contributed by atoms with Crippen molar-refractivity contribution in [2.24, 2.45) is 4.99 Å². The van der Waals surface area contributed by atoms with Gasteiger partial charge in [0.15, 0.2) is 0 Å². The first-order valence-electron chi connectivity index (χ1n) is 6.91. The van der Waals surface area contributed by atoms with Gasteiger partial charge in [-0.15, -0.1) is 5.43 Å². The Morgan fingerprint density at radius 1 is 0.905 bits per heavy atom. The minimum atomic E-state index is 0.950. The predicted molar refractivity (Wildman–Crippen MR) is 86.3 cm³/mol.